The monoisotopic (exact) mass is 307 g/mol. The van der Waals surface area contributed by atoms with Gasteiger partial charge in [0.2, 0.25) is 14.6 Å². The molecule has 0 aromatic carbocycles. The topological polar surface area (TPSA) is 67.2 Å². The summed E-state index contributed by atoms with van der Waals surface area (Å²) < 4.78 is 28.5. The number of hydrogen-bond donors (Lipinski definition) is 0. The van der Waals surface area contributed by atoms with E-state index in [0.29, 0.717) is 0 Å². The molecular weight excluding hydrogens is 302 g/mol. The largest absolute Gasteiger partial charge is 0.376 e. The first-order valence-electron chi connectivity index (χ1n) is 4.01. The van der Waals surface area contributed by atoms with Gasteiger partial charge in [-0.2, -0.15) is 5.26 Å². The number of sulfone groups is 1. The Morgan fingerprint density at radius 2 is 2.20 bits per heavy atom. The van der Waals surface area contributed by atoms with Gasteiger partial charge in [0.05, 0.1) is 23.1 Å². The van der Waals surface area contributed by atoms with E-state index in [1.165, 1.54) is 6.07 Å². The van der Waals surface area contributed by atoms with Crippen molar-refractivity contribution < 1.29 is 13.2 Å². The number of thiophene rings is 1. The first-order valence-corrected chi connectivity index (χ1v) is 7.10. The molecule has 0 atom stereocenters. The molecule has 0 N–H and O–H groups in total. The van der Waals surface area contributed by atoms with Gasteiger partial charge in [0, 0.05) is 0 Å². The third kappa shape index (κ3) is 1.52. The van der Waals surface area contributed by atoms with Crippen molar-refractivity contribution in [1.82, 2.24) is 0 Å². The van der Waals surface area contributed by atoms with Crippen molar-refractivity contribution in [2.24, 2.45) is 0 Å². The summed E-state index contributed by atoms with van der Waals surface area (Å²) in [6.45, 7) is -0.0807. The van der Waals surface area contributed by atoms with Crippen molar-refractivity contribution in [3.8, 4) is 6.07 Å². The van der Waals surface area contributed by atoms with Crippen LogP contribution in [0.2, 0.25) is 0 Å². The lowest BCUT2D eigenvalue weighted by Crippen LogP contribution is -2.54. The Kier molecular flexibility index (Phi) is 2.63. The van der Waals surface area contributed by atoms with Crippen LogP contribution in [0.4, 0.5) is 0 Å². The number of rotatable bonds is 2. The van der Waals surface area contributed by atoms with Gasteiger partial charge < -0.3 is 4.74 Å². The van der Waals surface area contributed by atoms with Gasteiger partial charge in [-0.05, 0) is 28.1 Å². The van der Waals surface area contributed by atoms with Crippen LogP contribution in [0.5, 0.6) is 0 Å². The maximum Gasteiger partial charge on any atom is 0.211 e. The fraction of sp³-hybridized carbons (Fsp3) is 0.375. The molecule has 1 fully saturated rings. The van der Waals surface area contributed by atoms with Gasteiger partial charge in [-0.3, -0.25) is 0 Å². The van der Waals surface area contributed by atoms with E-state index in [2.05, 4.69) is 15.9 Å². The number of nitriles is 1. The Hall–Kier alpha value is -0.420. The van der Waals surface area contributed by atoms with Gasteiger partial charge in [-0.25, -0.2) is 8.42 Å². The van der Waals surface area contributed by atoms with E-state index >= 15 is 0 Å². The standard InChI is InChI=1S/C8H6BrNO3S2/c9-6-1-2-7(14-6)15(11,12)8(3-10)4-13-5-8/h1-2H,4-5H2. The second kappa shape index (κ2) is 3.56. The highest BCUT2D eigenvalue weighted by molar-refractivity contribution is 9.11. The van der Waals surface area contributed by atoms with Crippen LogP contribution in [0.1, 0.15) is 0 Å². The maximum atomic E-state index is 12.1. The summed E-state index contributed by atoms with van der Waals surface area (Å²) in [6.07, 6.45) is 0. The average Bonchev–Trinajstić information content (AvgIpc) is 2.50. The van der Waals surface area contributed by atoms with Crippen molar-refractivity contribution in [1.29, 1.82) is 5.26 Å². The first-order chi connectivity index (χ1) is 7.02. The lowest BCUT2D eigenvalue weighted by molar-refractivity contribution is 0.0116. The van der Waals surface area contributed by atoms with Crippen LogP contribution in [-0.4, -0.2) is 26.4 Å². The zero-order valence-corrected chi connectivity index (χ0v) is 10.7. The molecule has 0 saturated carbocycles. The quantitative estimate of drug-likeness (QED) is 0.832. The summed E-state index contributed by atoms with van der Waals surface area (Å²) in [5.74, 6) is 0. The van der Waals surface area contributed by atoms with E-state index in [1.54, 1.807) is 6.07 Å². The molecule has 0 amide bonds. The summed E-state index contributed by atoms with van der Waals surface area (Å²) in [5.41, 5.74) is 0. The van der Waals surface area contributed by atoms with Crippen LogP contribution in [-0.2, 0) is 14.6 Å². The Morgan fingerprint density at radius 1 is 1.53 bits per heavy atom. The molecular formula is C8H6BrNO3S2. The minimum absolute atomic E-state index is 0.0403. The zero-order chi connectivity index (χ0) is 11.1. The molecule has 0 unspecified atom stereocenters. The van der Waals surface area contributed by atoms with Gasteiger partial charge in [0.25, 0.3) is 0 Å². The van der Waals surface area contributed by atoms with Gasteiger partial charge in [0.15, 0.2) is 0 Å². The number of nitrogens with zero attached hydrogens (tertiary/aromatic N) is 1. The third-order valence-electron chi connectivity index (χ3n) is 2.20. The van der Waals surface area contributed by atoms with Crippen LogP contribution in [0.25, 0.3) is 0 Å². The van der Waals surface area contributed by atoms with E-state index in [-0.39, 0.29) is 17.4 Å². The summed E-state index contributed by atoms with van der Waals surface area (Å²) in [5, 5.41) is 8.92. The Bertz CT molecular complexity index is 524. The Balaban J connectivity index is 2.49. The Morgan fingerprint density at radius 3 is 2.53 bits per heavy atom. The molecule has 0 radical (unpaired) electrons. The predicted molar refractivity (Wildman–Crippen MR) is 58.4 cm³/mol. The molecule has 1 saturated heterocycles. The fourth-order valence-corrected chi connectivity index (χ4v) is 5.06. The second-order valence-corrected chi connectivity index (χ2v) is 8.11. The number of hydrogen-bond acceptors (Lipinski definition) is 5. The number of halogens is 1. The molecule has 4 nitrogen and oxygen atoms in total. The van der Waals surface area contributed by atoms with Crippen molar-refractivity contribution in [3.05, 3.63) is 15.9 Å². The normalized spacial score (nSPS) is 19.2. The van der Waals surface area contributed by atoms with Crippen molar-refractivity contribution in [2.45, 2.75) is 8.96 Å². The first kappa shape index (κ1) is 11.1. The maximum absolute atomic E-state index is 12.1. The highest BCUT2D eigenvalue weighted by Crippen LogP contribution is 2.36. The van der Waals surface area contributed by atoms with E-state index < -0.39 is 14.6 Å². The molecule has 1 aliphatic rings. The van der Waals surface area contributed by atoms with E-state index in [1.807, 2.05) is 6.07 Å². The summed E-state index contributed by atoms with van der Waals surface area (Å²) in [7, 11) is -3.59. The molecule has 80 valence electrons. The second-order valence-electron chi connectivity index (χ2n) is 3.16. The third-order valence-corrected chi connectivity index (χ3v) is 6.55. The minimum atomic E-state index is -3.59. The van der Waals surface area contributed by atoms with E-state index in [9.17, 15) is 8.42 Å². The summed E-state index contributed by atoms with van der Waals surface area (Å²) >= 11 is 4.30. The molecule has 2 heterocycles. The molecule has 1 aromatic heterocycles. The van der Waals surface area contributed by atoms with Crippen LogP contribution >= 0.6 is 27.3 Å². The fourth-order valence-electron chi connectivity index (χ4n) is 1.20. The molecule has 15 heavy (non-hydrogen) atoms. The van der Waals surface area contributed by atoms with E-state index in [4.69, 9.17) is 10.00 Å². The molecule has 0 spiro atoms. The highest BCUT2D eigenvalue weighted by atomic mass is 79.9. The number of ether oxygens (including phenoxy) is 1. The summed E-state index contributed by atoms with van der Waals surface area (Å²) in [6, 6.07) is 5.00. The highest BCUT2D eigenvalue weighted by Gasteiger charge is 2.52. The smallest absolute Gasteiger partial charge is 0.211 e. The summed E-state index contributed by atoms with van der Waals surface area (Å²) in [4.78, 5) is 0. The van der Waals surface area contributed by atoms with Gasteiger partial charge >= 0.3 is 0 Å². The molecule has 2 rings (SSSR count). The molecule has 7 heteroatoms. The zero-order valence-electron chi connectivity index (χ0n) is 7.44. The van der Waals surface area contributed by atoms with Crippen molar-refractivity contribution in [2.75, 3.05) is 13.2 Å². The predicted octanol–water partition coefficient (Wildman–Crippen LogP) is 1.58. The molecule has 0 aliphatic carbocycles. The van der Waals surface area contributed by atoms with E-state index in [0.717, 1.165) is 15.1 Å². The average molecular weight is 308 g/mol. The lowest BCUT2D eigenvalue weighted by Gasteiger charge is -2.33. The van der Waals surface area contributed by atoms with Crippen LogP contribution in [0.15, 0.2) is 20.1 Å². The minimum Gasteiger partial charge on any atom is -0.376 e. The Labute approximate surface area is 99.5 Å². The molecule has 1 aliphatic heterocycles. The molecule has 0 bridgehead atoms. The van der Waals surface area contributed by atoms with Crippen LogP contribution in [0.3, 0.4) is 0 Å². The molecule has 1 aromatic rings. The van der Waals surface area contributed by atoms with Crippen LogP contribution in [0, 0.1) is 11.3 Å². The van der Waals surface area contributed by atoms with Gasteiger partial charge in [0.1, 0.15) is 4.21 Å². The van der Waals surface area contributed by atoms with Crippen molar-refractivity contribution in [3.63, 3.8) is 0 Å². The SMILES string of the molecule is N#CC1(S(=O)(=O)c2ccc(Br)s2)COC1. The van der Waals surface area contributed by atoms with Gasteiger partial charge in [-0.1, -0.05) is 0 Å². The van der Waals surface area contributed by atoms with Crippen LogP contribution < -0.4 is 0 Å². The van der Waals surface area contributed by atoms with Gasteiger partial charge in [-0.15, -0.1) is 11.3 Å². The lowest BCUT2D eigenvalue weighted by atomic mass is 10.1. The van der Waals surface area contributed by atoms with Crippen molar-refractivity contribution >= 4 is 37.1 Å².